The van der Waals surface area contributed by atoms with Gasteiger partial charge in [-0.05, 0) is 31.9 Å². The molecular weight excluding hydrogens is 318 g/mol. The standard InChI is InChI=1S/C23H31N3/c1-4-5-6-12-17-26-22-16-11-10-15-20(22)21(25-26)18-24-23(2,3)19-13-8-7-9-14-19/h7-11,13-16,24H,4-6,12,17-18H2,1-3H3. The molecule has 1 heterocycles. The molecule has 0 saturated carbocycles. The first kappa shape index (κ1) is 18.7. The largest absolute Gasteiger partial charge is 0.302 e. The average molecular weight is 350 g/mol. The van der Waals surface area contributed by atoms with E-state index in [1.165, 1.54) is 42.1 Å². The van der Waals surface area contributed by atoms with Gasteiger partial charge in [-0.15, -0.1) is 0 Å². The molecule has 0 bridgehead atoms. The first-order chi connectivity index (χ1) is 12.6. The predicted molar refractivity (Wildman–Crippen MR) is 110 cm³/mol. The van der Waals surface area contributed by atoms with Gasteiger partial charge in [-0.2, -0.15) is 5.10 Å². The van der Waals surface area contributed by atoms with Crippen molar-refractivity contribution in [3.63, 3.8) is 0 Å². The van der Waals surface area contributed by atoms with Crippen molar-refractivity contribution in [1.82, 2.24) is 15.1 Å². The summed E-state index contributed by atoms with van der Waals surface area (Å²) in [6.07, 6.45) is 5.05. The van der Waals surface area contributed by atoms with Gasteiger partial charge in [0, 0.05) is 24.0 Å². The number of nitrogens with one attached hydrogen (secondary N) is 1. The summed E-state index contributed by atoms with van der Waals surface area (Å²) in [6.45, 7) is 8.48. The van der Waals surface area contributed by atoms with Gasteiger partial charge in [-0.1, -0.05) is 74.7 Å². The Morgan fingerprint density at radius 3 is 2.42 bits per heavy atom. The number of fused-ring (bicyclic) bond motifs is 1. The van der Waals surface area contributed by atoms with Crippen LogP contribution in [0.2, 0.25) is 0 Å². The Kier molecular flexibility index (Phi) is 6.10. The van der Waals surface area contributed by atoms with Crippen LogP contribution in [-0.4, -0.2) is 9.78 Å². The zero-order valence-electron chi connectivity index (χ0n) is 16.3. The van der Waals surface area contributed by atoms with Crippen LogP contribution in [0.3, 0.4) is 0 Å². The summed E-state index contributed by atoms with van der Waals surface area (Å²) >= 11 is 0. The van der Waals surface area contributed by atoms with E-state index in [0.29, 0.717) is 0 Å². The zero-order valence-corrected chi connectivity index (χ0v) is 16.3. The van der Waals surface area contributed by atoms with Crippen molar-refractivity contribution < 1.29 is 0 Å². The van der Waals surface area contributed by atoms with Gasteiger partial charge in [0.25, 0.3) is 0 Å². The average Bonchev–Trinajstić information content (AvgIpc) is 3.02. The summed E-state index contributed by atoms with van der Waals surface area (Å²) in [6, 6.07) is 19.2. The van der Waals surface area contributed by atoms with Gasteiger partial charge < -0.3 is 5.32 Å². The first-order valence-electron chi connectivity index (χ1n) is 9.87. The Bertz CT molecular complexity index is 818. The van der Waals surface area contributed by atoms with Crippen molar-refractivity contribution in [1.29, 1.82) is 0 Å². The molecule has 3 nitrogen and oxygen atoms in total. The lowest BCUT2D eigenvalue weighted by molar-refractivity contribution is 0.397. The normalized spacial score (nSPS) is 12.0. The lowest BCUT2D eigenvalue weighted by Crippen LogP contribution is -2.36. The molecule has 0 radical (unpaired) electrons. The first-order valence-corrected chi connectivity index (χ1v) is 9.87. The van der Waals surface area contributed by atoms with E-state index in [-0.39, 0.29) is 5.54 Å². The fourth-order valence-electron chi connectivity index (χ4n) is 3.45. The van der Waals surface area contributed by atoms with E-state index in [2.05, 4.69) is 85.4 Å². The zero-order chi connectivity index (χ0) is 18.4. The number of unbranched alkanes of at least 4 members (excludes halogenated alkanes) is 3. The molecule has 1 aromatic heterocycles. The molecule has 0 aliphatic heterocycles. The highest BCUT2D eigenvalue weighted by Crippen LogP contribution is 2.23. The number of hydrogen-bond donors (Lipinski definition) is 1. The van der Waals surface area contributed by atoms with Gasteiger partial charge in [0.2, 0.25) is 0 Å². The van der Waals surface area contributed by atoms with E-state index in [1.807, 2.05) is 0 Å². The van der Waals surface area contributed by atoms with Crippen LogP contribution < -0.4 is 5.32 Å². The molecule has 138 valence electrons. The summed E-state index contributed by atoms with van der Waals surface area (Å²) in [7, 11) is 0. The van der Waals surface area contributed by atoms with Gasteiger partial charge in [0.1, 0.15) is 0 Å². The highest BCUT2D eigenvalue weighted by atomic mass is 15.3. The van der Waals surface area contributed by atoms with Crippen molar-refractivity contribution >= 4 is 10.9 Å². The Balaban J connectivity index is 1.75. The Morgan fingerprint density at radius 2 is 1.65 bits per heavy atom. The molecule has 3 aromatic rings. The lowest BCUT2D eigenvalue weighted by Gasteiger charge is -2.26. The van der Waals surface area contributed by atoms with Crippen molar-refractivity contribution in [2.75, 3.05) is 0 Å². The second-order valence-electron chi connectivity index (χ2n) is 7.59. The van der Waals surface area contributed by atoms with Gasteiger partial charge >= 0.3 is 0 Å². The molecule has 3 rings (SSSR count). The molecule has 2 aromatic carbocycles. The second-order valence-corrected chi connectivity index (χ2v) is 7.59. The number of aryl methyl sites for hydroxylation is 1. The summed E-state index contributed by atoms with van der Waals surface area (Å²) in [5.41, 5.74) is 3.59. The summed E-state index contributed by atoms with van der Waals surface area (Å²) < 4.78 is 2.19. The fourth-order valence-corrected chi connectivity index (χ4v) is 3.45. The summed E-state index contributed by atoms with van der Waals surface area (Å²) in [5.74, 6) is 0. The third-order valence-corrected chi connectivity index (χ3v) is 5.15. The quantitative estimate of drug-likeness (QED) is 0.507. The van der Waals surface area contributed by atoms with Gasteiger partial charge in [-0.3, -0.25) is 4.68 Å². The summed E-state index contributed by atoms with van der Waals surface area (Å²) in [4.78, 5) is 0. The number of hydrogen-bond acceptors (Lipinski definition) is 2. The second kappa shape index (κ2) is 8.50. The number of aromatic nitrogens is 2. The van der Waals surface area contributed by atoms with E-state index in [1.54, 1.807) is 0 Å². The maximum Gasteiger partial charge on any atom is 0.0841 e. The molecular formula is C23H31N3. The van der Waals surface area contributed by atoms with E-state index < -0.39 is 0 Å². The van der Waals surface area contributed by atoms with Crippen LogP contribution in [0.15, 0.2) is 54.6 Å². The third kappa shape index (κ3) is 4.34. The van der Waals surface area contributed by atoms with Crippen LogP contribution in [-0.2, 0) is 18.6 Å². The molecule has 3 heteroatoms. The van der Waals surface area contributed by atoms with Crippen LogP contribution >= 0.6 is 0 Å². The van der Waals surface area contributed by atoms with Crippen molar-refractivity contribution in [2.24, 2.45) is 0 Å². The van der Waals surface area contributed by atoms with Crippen LogP contribution in [0.25, 0.3) is 10.9 Å². The molecule has 0 unspecified atom stereocenters. The minimum atomic E-state index is -0.0900. The topological polar surface area (TPSA) is 29.9 Å². The number of rotatable bonds is 9. The SMILES string of the molecule is CCCCCCn1nc(CNC(C)(C)c2ccccc2)c2ccccc21. The highest BCUT2D eigenvalue weighted by Gasteiger charge is 2.20. The van der Waals surface area contributed by atoms with E-state index >= 15 is 0 Å². The maximum absolute atomic E-state index is 4.94. The molecule has 0 saturated heterocycles. The molecule has 1 N–H and O–H groups in total. The number of benzene rings is 2. The maximum atomic E-state index is 4.94. The van der Waals surface area contributed by atoms with Crippen LogP contribution in [0.4, 0.5) is 0 Å². The minimum absolute atomic E-state index is 0.0900. The molecule has 0 aliphatic carbocycles. The van der Waals surface area contributed by atoms with Gasteiger partial charge in [-0.25, -0.2) is 0 Å². The van der Waals surface area contributed by atoms with Crippen LogP contribution in [0.5, 0.6) is 0 Å². The van der Waals surface area contributed by atoms with Crippen LogP contribution in [0, 0.1) is 0 Å². The molecule has 26 heavy (non-hydrogen) atoms. The minimum Gasteiger partial charge on any atom is -0.302 e. The Labute approximate surface area is 157 Å². The van der Waals surface area contributed by atoms with Crippen molar-refractivity contribution in [2.45, 2.75) is 65.1 Å². The molecule has 0 fully saturated rings. The molecule has 0 amide bonds. The number of para-hydroxylation sites is 1. The predicted octanol–water partition coefficient (Wildman–Crippen LogP) is 5.64. The van der Waals surface area contributed by atoms with E-state index in [4.69, 9.17) is 5.10 Å². The molecule has 0 spiro atoms. The Morgan fingerprint density at radius 1 is 0.923 bits per heavy atom. The van der Waals surface area contributed by atoms with Crippen molar-refractivity contribution in [3.05, 3.63) is 65.9 Å². The van der Waals surface area contributed by atoms with E-state index in [0.717, 1.165) is 18.8 Å². The van der Waals surface area contributed by atoms with Gasteiger partial charge in [0.15, 0.2) is 0 Å². The smallest absolute Gasteiger partial charge is 0.0841 e. The third-order valence-electron chi connectivity index (χ3n) is 5.15. The monoisotopic (exact) mass is 349 g/mol. The Hall–Kier alpha value is -2.13. The van der Waals surface area contributed by atoms with Crippen molar-refractivity contribution in [3.8, 4) is 0 Å². The highest BCUT2D eigenvalue weighted by molar-refractivity contribution is 5.81. The fraction of sp³-hybridized carbons (Fsp3) is 0.435. The molecule has 0 aliphatic rings. The molecule has 0 atom stereocenters. The summed E-state index contributed by atoms with van der Waals surface area (Å²) in [5, 5.41) is 9.90. The van der Waals surface area contributed by atoms with E-state index in [9.17, 15) is 0 Å². The lowest BCUT2D eigenvalue weighted by atomic mass is 9.94. The number of nitrogens with zero attached hydrogens (tertiary/aromatic N) is 2. The van der Waals surface area contributed by atoms with Crippen LogP contribution in [0.1, 0.15) is 57.7 Å². The van der Waals surface area contributed by atoms with Gasteiger partial charge in [0.05, 0.1) is 11.2 Å².